The van der Waals surface area contributed by atoms with Crippen LogP contribution in [0.2, 0.25) is 0 Å². The van der Waals surface area contributed by atoms with E-state index in [-0.39, 0.29) is 5.91 Å². The van der Waals surface area contributed by atoms with Crippen LogP contribution in [0, 0.1) is 0 Å². The van der Waals surface area contributed by atoms with E-state index in [0.29, 0.717) is 24.5 Å². The summed E-state index contributed by atoms with van der Waals surface area (Å²) in [6, 6.07) is 14.5. The summed E-state index contributed by atoms with van der Waals surface area (Å²) in [6.07, 6.45) is 2.12. The maximum absolute atomic E-state index is 12.3. The Balaban J connectivity index is 1.96. The van der Waals surface area contributed by atoms with E-state index in [9.17, 15) is 4.79 Å². The standard InChI is InChI=1S/C19H23NO3/c1-3-5-13-23-17-11-9-15(10-12-17)19(21)20-16-7-6-8-18(14-16)22-4-2/h6-12,14H,3-5,13H2,1-2H3,(H,20,21). The summed E-state index contributed by atoms with van der Waals surface area (Å²) in [6.45, 7) is 5.34. The van der Waals surface area contributed by atoms with Crippen LogP contribution in [-0.2, 0) is 0 Å². The van der Waals surface area contributed by atoms with Gasteiger partial charge in [-0.15, -0.1) is 0 Å². The van der Waals surface area contributed by atoms with Gasteiger partial charge in [0.1, 0.15) is 11.5 Å². The van der Waals surface area contributed by atoms with Crippen LogP contribution in [0.5, 0.6) is 11.5 Å². The molecule has 0 aliphatic rings. The van der Waals surface area contributed by atoms with Gasteiger partial charge in [-0.25, -0.2) is 0 Å². The number of nitrogens with one attached hydrogen (secondary N) is 1. The molecule has 122 valence electrons. The number of rotatable bonds is 8. The molecule has 2 aromatic rings. The molecule has 0 aromatic heterocycles. The smallest absolute Gasteiger partial charge is 0.255 e. The molecule has 0 radical (unpaired) electrons. The molecular weight excluding hydrogens is 290 g/mol. The first-order valence-corrected chi connectivity index (χ1v) is 8.00. The Morgan fingerprint density at radius 2 is 1.78 bits per heavy atom. The third-order valence-corrected chi connectivity index (χ3v) is 3.29. The van der Waals surface area contributed by atoms with E-state index in [4.69, 9.17) is 9.47 Å². The molecular formula is C19H23NO3. The molecule has 1 amide bonds. The Kier molecular flexibility index (Phi) is 6.48. The molecule has 0 saturated carbocycles. The lowest BCUT2D eigenvalue weighted by Crippen LogP contribution is -2.11. The van der Waals surface area contributed by atoms with Gasteiger partial charge in [0.25, 0.3) is 5.91 Å². The lowest BCUT2D eigenvalue weighted by Gasteiger charge is -2.09. The van der Waals surface area contributed by atoms with E-state index in [1.54, 1.807) is 12.1 Å². The van der Waals surface area contributed by atoms with Crippen LogP contribution >= 0.6 is 0 Å². The van der Waals surface area contributed by atoms with Crippen molar-refractivity contribution < 1.29 is 14.3 Å². The van der Waals surface area contributed by atoms with E-state index in [0.717, 1.165) is 24.3 Å². The zero-order chi connectivity index (χ0) is 16.5. The minimum absolute atomic E-state index is 0.154. The van der Waals surface area contributed by atoms with Gasteiger partial charge in [-0.05, 0) is 49.7 Å². The number of hydrogen-bond donors (Lipinski definition) is 1. The quantitative estimate of drug-likeness (QED) is 0.729. The number of anilines is 1. The highest BCUT2D eigenvalue weighted by Gasteiger charge is 2.07. The molecule has 0 aliphatic carbocycles. The van der Waals surface area contributed by atoms with Gasteiger partial charge in [0, 0.05) is 17.3 Å². The SMILES string of the molecule is CCCCOc1ccc(C(=O)Nc2cccc(OCC)c2)cc1. The molecule has 0 aliphatic heterocycles. The fourth-order valence-corrected chi connectivity index (χ4v) is 2.07. The van der Waals surface area contributed by atoms with Crippen molar-refractivity contribution in [3.8, 4) is 11.5 Å². The van der Waals surface area contributed by atoms with Gasteiger partial charge in [-0.2, -0.15) is 0 Å². The van der Waals surface area contributed by atoms with Crippen LogP contribution in [0.3, 0.4) is 0 Å². The van der Waals surface area contributed by atoms with Gasteiger partial charge in [0.05, 0.1) is 13.2 Å². The van der Waals surface area contributed by atoms with Gasteiger partial charge in [0.15, 0.2) is 0 Å². The van der Waals surface area contributed by atoms with Gasteiger partial charge >= 0.3 is 0 Å². The summed E-state index contributed by atoms with van der Waals surface area (Å²) in [5.41, 5.74) is 1.30. The van der Waals surface area contributed by atoms with Gasteiger partial charge in [-0.1, -0.05) is 19.4 Å². The van der Waals surface area contributed by atoms with Crippen LogP contribution < -0.4 is 14.8 Å². The predicted octanol–water partition coefficient (Wildman–Crippen LogP) is 4.52. The molecule has 0 atom stereocenters. The lowest BCUT2D eigenvalue weighted by atomic mass is 10.2. The second kappa shape index (κ2) is 8.83. The first-order valence-electron chi connectivity index (χ1n) is 8.00. The summed E-state index contributed by atoms with van der Waals surface area (Å²) in [5, 5.41) is 2.87. The number of ether oxygens (including phenoxy) is 2. The highest BCUT2D eigenvalue weighted by atomic mass is 16.5. The van der Waals surface area contributed by atoms with Gasteiger partial charge in [-0.3, -0.25) is 4.79 Å². The van der Waals surface area contributed by atoms with E-state index in [1.165, 1.54) is 0 Å². The summed E-state index contributed by atoms with van der Waals surface area (Å²) >= 11 is 0. The van der Waals surface area contributed by atoms with Gasteiger partial charge < -0.3 is 14.8 Å². The average molecular weight is 313 g/mol. The molecule has 2 rings (SSSR count). The first-order chi connectivity index (χ1) is 11.2. The van der Waals surface area contributed by atoms with Crippen LogP contribution in [-0.4, -0.2) is 19.1 Å². The van der Waals surface area contributed by atoms with E-state index < -0.39 is 0 Å². The minimum atomic E-state index is -0.154. The molecule has 0 unspecified atom stereocenters. The highest BCUT2D eigenvalue weighted by molar-refractivity contribution is 6.04. The van der Waals surface area contributed by atoms with Crippen molar-refractivity contribution in [2.75, 3.05) is 18.5 Å². The number of hydrogen-bond acceptors (Lipinski definition) is 3. The third-order valence-electron chi connectivity index (χ3n) is 3.29. The monoisotopic (exact) mass is 313 g/mol. The maximum atomic E-state index is 12.3. The topological polar surface area (TPSA) is 47.6 Å². The second-order valence-corrected chi connectivity index (χ2v) is 5.14. The van der Waals surface area contributed by atoms with E-state index in [1.807, 2.05) is 43.3 Å². The van der Waals surface area contributed by atoms with Crippen molar-refractivity contribution in [1.82, 2.24) is 0 Å². The zero-order valence-electron chi connectivity index (χ0n) is 13.7. The largest absolute Gasteiger partial charge is 0.494 e. The van der Waals surface area contributed by atoms with E-state index in [2.05, 4.69) is 12.2 Å². The number of carbonyl (C=O) groups excluding carboxylic acids is 1. The number of carbonyl (C=O) groups is 1. The van der Waals surface area contributed by atoms with Crippen LogP contribution in [0.4, 0.5) is 5.69 Å². The fourth-order valence-electron chi connectivity index (χ4n) is 2.07. The minimum Gasteiger partial charge on any atom is -0.494 e. The maximum Gasteiger partial charge on any atom is 0.255 e. The fraction of sp³-hybridized carbons (Fsp3) is 0.316. The summed E-state index contributed by atoms with van der Waals surface area (Å²) in [4.78, 5) is 12.3. The van der Waals surface area contributed by atoms with Crippen molar-refractivity contribution in [1.29, 1.82) is 0 Å². The zero-order valence-corrected chi connectivity index (χ0v) is 13.7. The van der Waals surface area contributed by atoms with Gasteiger partial charge in [0.2, 0.25) is 0 Å². The molecule has 4 nitrogen and oxygen atoms in total. The van der Waals surface area contributed by atoms with Crippen molar-refractivity contribution in [2.45, 2.75) is 26.7 Å². The van der Waals surface area contributed by atoms with Crippen molar-refractivity contribution in [3.05, 3.63) is 54.1 Å². The van der Waals surface area contributed by atoms with Crippen LogP contribution in [0.1, 0.15) is 37.0 Å². The number of benzene rings is 2. The van der Waals surface area contributed by atoms with Crippen molar-refractivity contribution in [2.24, 2.45) is 0 Å². The van der Waals surface area contributed by atoms with E-state index >= 15 is 0 Å². The highest BCUT2D eigenvalue weighted by Crippen LogP contribution is 2.19. The summed E-state index contributed by atoms with van der Waals surface area (Å²) in [7, 11) is 0. The molecule has 1 N–H and O–H groups in total. The van der Waals surface area contributed by atoms with Crippen molar-refractivity contribution >= 4 is 11.6 Å². The second-order valence-electron chi connectivity index (χ2n) is 5.14. The number of amides is 1. The molecule has 0 fully saturated rings. The van der Waals surface area contributed by atoms with Crippen molar-refractivity contribution in [3.63, 3.8) is 0 Å². The Hall–Kier alpha value is -2.49. The normalized spacial score (nSPS) is 10.2. The molecule has 4 heteroatoms. The molecule has 0 bridgehead atoms. The summed E-state index contributed by atoms with van der Waals surface area (Å²) in [5.74, 6) is 1.37. The molecule has 0 saturated heterocycles. The Morgan fingerprint density at radius 1 is 1.00 bits per heavy atom. The molecule has 2 aromatic carbocycles. The van der Waals surface area contributed by atoms with Crippen LogP contribution in [0.25, 0.3) is 0 Å². The molecule has 23 heavy (non-hydrogen) atoms. The average Bonchev–Trinajstić information content (AvgIpc) is 2.56. The molecule has 0 heterocycles. The first kappa shape index (κ1) is 16.9. The third kappa shape index (κ3) is 5.33. The Morgan fingerprint density at radius 3 is 2.48 bits per heavy atom. The number of unbranched alkanes of at least 4 members (excludes halogenated alkanes) is 1. The lowest BCUT2D eigenvalue weighted by molar-refractivity contribution is 0.102. The Labute approximate surface area is 137 Å². The van der Waals surface area contributed by atoms with Crippen LogP contribution in [0.15, 0.2) is 48.5 Å². The summed E-state index contributed by atoms with van der Waals surface area (Å²) < 4.78 is 11.0. The predicted molar refractivity (Wildman–Crippen MR) is 92.4 cm³/mol. The Bertz CT molecular complexity index is 623. The molecule has 0 spiro atoms.